The molecule has 1 atom stereocenters. The van der Waals surface area contributed by atoms with Gasteiger partial charge in [-0.1, -0.05) is 31.1 Å². The fourth-order valence-electron chi connectivity index (χ4n) is 2.66. The predicted octanol–water partition coefficient (Wildman–Crippen LogP) is 4.69. The molecule has 4 heteroatoms. The van der Waals surface area contributed by atoms with Crippen LogP contribution in [0.2, 0.25) is 0 Å². The summed E-state index contributed by atoms with van der Waals surface area (Å²) in [5, 5.41) is 3.91. The fraction of sp³-hybridized carbons (Fsp3) is 0.444. The molecule has 2 aromatic heterocycles. The van der Waals surface area contributed by atoms with Gasteiger partial charge in [0.25, 0.3) is 0 Å². The minimum atomic E-state index is 0.571. The van der Waals surface area contributed by atoms with Gasteiger partial charge in [0.15, 0.2) is 0 Å². The monoisotopic (exact) mass is 299 g/mol. The molecule has 0 aliphatic carbocycles. The van der Waals surface area contributed by atoms with Gasteiger partial charge < -0.3 is 9.09 Å². The van der Waals surface area contributed by atoms with Gasteiger partial charge in [0.05, 0.1) is 16.7 Å². The standard InChI is InChI=1S/C9H10N2.C9H15NO/c1-7-10-8-5-3-4-6-9(8)11(7)2;1-5-6(2)9-7(3)10-11-8(9)4/h3-6H,1-2H3;6H,5H2,1-4H3. The van der Waals surface area contributed by atoms with Crippen molar-refractivity contribution in [3.05, 3.63) is 47.1 Å². The summed E-state index contributed by atoms with van der Waals surface area (Å²) in [6.45, 7) is 10.4. The Hall–Kier alpha value is -2.10. The molecule has 4 nitrogen and oxygen atoms in total. The number of imidazole rings is 1. The zero-order valence-electron chi connectivity index (χ0n) is 14.3. The van der Waals surface area contributed by atoms with Crippen molar-refractivity contribution >= 4 is 11.0 Å². The van der Waals surface area contributed by atoms with Crippen LogP contribution in [0.1, 0.15) is 49.0 Å². The molecule has 0 aliphatic rings. The summed E-state index contributed by atoms with van der Waals surface area (Å²) in [6.07, 6.45) is 1.14. The largest absolute Gasteiger partial charge is 0.361 e. The Bertz CT molecular complexity index is 735. The van der Waals surface area contributed by atoms with E-state index in [1.54, 1.807) is 0 Å². The van der Waals surface area contributed by atoms with Crippen LogP contribution >= 0.6 is 0 Å². The molecule has 22 heavy (non-hydrogen) atoms. The third-order valence-electron chi connectivity index (χ3n) is 4.20. The molecule has 0 N–H and O–H groups in total. The average molecular weight is 299 g/mol. The summed E-state index contributed by atoms with van der Waals surface area (Å²) < 4.78 is 7.16. The summed E-state index contributed by atoms with van der Waals surface area (Å²) in [5.74, 6) is 2.60. The van der Waals surface area contributed by atoms with Gasteiger partial charge in [-0.2, -0.15) is 0 Å². The van der Waals surface area contributed by atoms with Crippen molar-refractivity contribution in [1.29, 1.82) is 0 Å². The van der Waals surface area contributed by atoms with Crippen LogP contribution in [0.5, 0.6) is 0 Å². The van der Waals surface area contributed by atoms with E-state index in [0.717, 1.165) is 29.2 Å². The topological polar surface area (TPSA) is 43.9 Å². The Morgan fingerprint density at radius 2 is 1.86 bits per heavy atom. The lowest BCUT2D eigenvalue weighted by Gasteiger charge is -2.05. The van der Waals surface area contributed by atoms with E-state index in [9.17, 15) is 0 Å². The zero-order chi connectivity index (χ0) is 16.3. The number of fused-ring (bicyclic) bond motifs is 1. The first kappa shape index (κ1) is 16.3. The molecule has 0 amide bonds. The highest BCUT2D eigenvalue weighted by Crippen LogP contribution is 2.24. The van der Waals surface area contributed by atoms with Crippen LogP contribution in [0.3, 0.4) is 0 Å². The second kappa shape index (κ2) is 6.77. The molecule has 3 rings (SSSR count). The molecule has 0 spiro atoms. The lowest BCUT2D eigenvalue weighted by Crippen LogP contribution is -1.93. The first-order valence-corrected chi connectivity index (χ1v) is 7.76. The maximum Gasteiger partial charge on any atom is 0.137 e. The van der Waals surface area contributed by atoms with Crippen molar-refractivity contribution < 1.29 is 4.52 Å². The maximum absolute atomic E-state index is 5.07. The molecule has 0 radical (unpaired) electrons. The lowest BCUT2D eigenvalue weighted by molar-refractivity contribution is 0.391. The SMILES string of the molecule is CCC(C)c1c(C)noc1C.Cc1nc2ccccc2n1C. The molecule has 0 saturated heterocycles. The molecule has 0 aliphatic heterocycles. The van der Waals surface area contributed by atoms with Crippen LogP contribution in [0.4, 0.5) is 0 Å². The van der Waals surface area contributed by atoms with E-state index in [1.165, 1.54) is 11.1 Å². The highest BCUT2D eigenvalue weighted by Gasteiger charge is 2.13. The molecule has 1 unspecified atom stereocenters. The van der Waals surface area contributed by atoms with Gasteiger partial charge in [-0.15, -0.1) is 0 Å². The smallest absolute Gasteiger partial charge is 0.137 e. The lowest BCUT2D eigenvalue weighted by atomic mass is 9.97. The molecule has 118 valence electrons. The fourth-order valence-corrected chi connectivity index (χ4v) is 2.66. The molecular weight excluding hydrogens is 274 g/mol. The second-order valence-electron chi connectivity index (χ2n) is 5.75. The molecule has 1 aromatic carbocycles. The van der Waals surface area contributed by atoms with Gasteiger partial charge in [-0.3, -0.25) is 0 Å². The number of aromatic nitrogens is 3. The van der Waals surface area contributed by atoms with E-state index in [4.69, 9.17) is 4.52 Å². The molecular formula is C18H25N3O. The average Bonchev–Trinajstić information content (AvgIpc) is 3.00. The van der Waals surface area contributed by atoms with Gasteiger partial charge in [-0.25, -0.2) is 4.98 Å². The van der Waals surface area contributed by atoms with Crippen LogP contribution in [0.15, 0.2) is 28.8 Å². The number of benzene rings is 1. The molecule has 2 heterocycles. The minimum Gasteiger partial charge on any atom is -0.361 e. The summed E-state index contributed by atoms with van der Waals surface area (Å²) in [5.41, 5.74) is 4.60. The summed E-state index contributed by atoms with van der Waals surface area (Å²) in [7, 11) is 2.03. The first-order valence-electron chi connectivity index (χ1n) is 7.76. The normalized spacial score (nSPS) is 12.1. The molecule has 0 bridgehead atoms. The number of aryl methyl sites for hydroxylation is 4. The van der Waals surface area contributed by atoms with E-state index in [-0.39, 0.29) is 0 Å². The summed E-state index contributed by atoms with van der Waals surface area (Å²) in [4.78, 5) is 4.38. The Morgan fingerprint density at radius 3 is 2.41 bits per heavy atom. The maximum atomic E-state index is 5.07. The van der Waals surface area contributed by atoms with Crippen LogP contribution in [-0.2, 0) is 7.05 Å². The van der Waals surface area contributed by atoms with Gasteiger partial charge in [0.2, 0.25) is 0 Å². The van der Waals surface area contributed by atoms with Crippen LogP contribution in [-0.4, -0.2) is 14.7 Å². The number of hydrogen-bond donors (Lipinski definition) is 0. The number of para-hydroxylation sites is 2. The van der Waals surface area contributed by atoms with Crippen LogP contribution in [0.25, 0.3) is 11.0 Å². The molecule has 3 aromatic rings. The van der Waals surface area contributed by atoms with E-state index in [2.05, 4.69) is 34.6 Å². The Morgan fingerprint density at radius 1 is 1.18 bits per heavy atom. The number of rotatable bonds is 2. The summed E-state index contributed by atoms with van der Waals surface area (Å²) in [6, 6.07) is 8.15. The van der Waals surface area contributed by atoms with Crippen LogP contribution < -0.4 is 0 Å². The molecule has 0 saturated carbocycles. The van der Waals surface area contributed by atoms with Gasteiger partial charge in [-0.05, 0) is 45.2 Å². The Kier molecular flexibility index (Phi) is 5.01. The van der Waals surface area contributed by atoms with E-state index in [0.29, 0.717) is 5.92 Å². The van der Waals surface area contributed by atoms with Crippen molar-refractivity contribution in [1.82, 2.24) is 14.7 Å². The highest BCUT2D eigenvalue weighted by molar-refractivity contribution is 5.75. The van der Waals surface area contributed by atoms with Crippen molar-refractivity contribution in [2.75, 3.05) is 0 Å². The van der Waals surface area contributed by atoms with Crippen LogP contribution in [0, 0.1) is 20.8 Å². The number of hydrogen-bond acceptors (Lipinski definition) is 3. The zero-order valence-corrected chi connectivity index (χ0v) is 14.3. The second-order valence-corrected chi connectivity index (χ2v) is 5.75. The van der Waals surface area contributed by atoms with E-state index in [1.807, 2.05) is 46.0 Å². The van der Waals surface area contributed by atoms with E-state index < -0.39 is 0 Å². The predicted molar refractivity (Wildman–Crippen MR) is 90.1 cm³/mol. The van der Waals surface area contributed by atoms with E-state index >= 15 is 0 Å². The van der Waals surface area contributed by atoms with Gasteiger partial charge in [0, 0.05) is 12.6 Å². The van der Waals surface area contributed by atoms with Gasteiger partial charge >= 0.3 is 0 Å². The van der Waals surface area contributed by atoms with Crippen molar-refractivity contribution in [2.24, 2.45) is 7.05 Å². The highest BCUT2D eigenvalue weighted by atomic mass is 16.5. The van der Waals surface area contributed by atoms with Gasteiger partial charge in [0.1, 0.15) is 11.6 Å². The first-order chi connectivity index (χ1) is 10.5. The quantitative estimate of drug-likeness (QED) is 0.689. The summed E-state index contributed by atoms with van der Waals surface area (Å²) >= 11 is 0. The van der Waals surface area contributed by atoms with Crippen molar-refractivity contribution in [2.45, 2.75) is 47.0 Å². The molecule has 0 fully saturated rings. The third kappa shape index (κ3) is 3.21. The number of nitrogens with zero attached hydrogens (tertiary/aromatic N) is 3. The van der Waals surface area contributed by atoms with Crippen molar-refractivity contribution in [3.63, 3.8) is 0 Å². The Labute approximate surface area is 132 Å². The minimum absolute atomic E-state index is 0.571. The Balaban J connectivity index is 0.000000160. The van der Waals surface area contributed by atoms with Crippen molar-refractivity contribution in [3.8, 4) is 0 Å². The third-order valence-corrected chi connectivity index (χ3v) is 4.20.